The molecule has 1 fully saturated rings. The number of aromatic nitrogens is 5. The van der Waals surface area contributed by atoms with Crippen molar-refractivity contribution in [2.75, 3.05) is 11.9 Å². The van der Waals surface area contributed by atoms with Crippen molar-refractivity contribution in [2.45, 2.75) is 25.3 Å². The third-order valence-corrected chi connectivity index (χ3v) is 6.05. The second kappa shape index (κ2) is 8.01. The van der Waals surface area contributed by atoms with E-state index in [0.29, 0.717) is 17.1 Å². The first kappa shape index (κ1) is 19.4. The van der Waals surface area contributed by atoms with Crippen molar-refractivity contribution in [1.82, 2.24) is 30.2 Å². The van der Waals surface area contributed by atoms with E-state index >= 15 is 0 Å². The zero-order valence-corrected chi connectivity index (χ0v) is 17.7. The van der Waals surface area contributed by atoms with Crippen LogP contribution in [0.2, 0.25) is 0 Å². The van der Waals surface area contributed by atoms with Gasteiger partial charge in [0.05, 0.1) is 23.7 Å². The van der Waals surface area contributed by atoms with Gasteiger partial charge in [0.1, 0.15) is 11.2 Å². The standard InChI is InChI=1S/C24H21N7O2/c32-22(31-12-4-7-20(31)17-5-1-2-10-25-17)14-19-16-9-8-15(13-21(16)33-30-19)27-24-23-18(28-29-24)6-3-11-26-23/h1-3,5-6,8-11,13,20H,4,7,12,14H2,(H2,27,28,29). The normalized spacial score (nSPS) is 16.0. The monoisotopic (exact) mass is 439 g/mol. The molecule has 1 aromatic carbocycles. The van der Waals surface area contributed by atoms with Crippen molar-refractivity contribution >= 4 is 39.4 Å². The number of anilines is 2. The number of fused-ring (bicyclic) bond motifs is 2. The Hall–Kier alpha value is -4.27. The van der Waals surface area contributed by atoms with Crippen molar-refractivity contribution in [3.05, 3.63) is 72.3 Å². The van der Waals surface area contributed by atoms with E-state index in [1.807, 2.05) is 53.4 Å². The summed E-state index contributed by atoms with van der Waals surface area (Å²) < 4.78 is 5.55. The van der Waals surface area contributed by atoms with E-state index in [-0.39, 0.29) is 18.4 Å². The van der Waals surface area contributed by atoms with Gasteiger partial charge in [-0.05, 0) is 49.2 Å². The Morgan fingerprint density at radius 3 is 3.00 bits per heavy atom. The van der Waals surface area contributed by atoms with Gasteiger partial charge in [-0.1, -0.05) is 11.2 Å². The van der Waals surface area contributed by atoms with Gasteiger partial charge in [0.25, 0.3) is 0 Å². The van der Waals surface area contributed by atoms with Gasteiger partial charge in [-0.2, -0.15) is 5.10 Å². The molecular weight excluding hydrogens is 418 g/mol. The van der Waals surface area contributed by atoms with Gasteiger partial charge in [0.15, 0.2) is 11.4 Å². The summed E-state index contributed by atoms with van der Waals surface area (Å²) in [5.74, 6) is 0.670. The molecule has 1 aliphatic rings. The zero-order chi connectivity index (χ0) is 22.2. The lowest BCUT2D eigenvalue weighted by molar-refractivity contribution is -0.131. The predicted molar refractivity (Wildman–Crippen MR) is 123 cm³/mol. The van der Waals surface area contributed by atoms with E-state index in [4.69, 9.17) is 4.52 Å². The molecule has 164 valence electrons. The second-order valence-electron chi connectivity index (χ2n) is 8.11. The van der Waals surface area contributed by atoms with E-state index in [9.17, 15) is 4.79 Å². The van der Waals surface area contributed by atoms with Gasteiger partial charge in [-0.3, -0.25) is 19.9 Å². The number of amides is 1. The number of hydrogen-bond donors (Lipinski definition) is 2. The predicted octanol–water partition coefficient (Wildman–Crippen LogP) is 4.14. The molecule has 5 aromatic rings. The fraction of sp³-hybridized carbons (Fsp3) is 0.208. The number of carbonyl (C=O) groups excluding carboxylic acids is 1. The van der Waals surface area contributed by atoms with Crippen LogP contribution in [0.4, 0.5) is 11.5 Å². The van der Waals surface area contributed by atoms with Gasteiger partial charge < -0.3 is 14.7 Å². The number of likely N-dealkylation sites (tertiary alicyclic amines) is 1. The number of nitrogens with one attached hydrogen (secondary N) is 2. The highest BCUT2D eigenvalue weighted by atomic mass is 16.5. The van der Waals surface area contributed by atoms with Crippen LogP contribution >= 0.6 is 0 Å². The average molecular weight is 439 g/mol. The van der Waals surface area contributed by atoms with Crippen molar-refractivity contribution in [2.24, 2.45) is 0 Å². The minimum Gasteiger partial charge on any atom is -0.356 e. The topological polar surface area (TPSA) is 113 Å². The highest BCUT2D eigenvalue weighted by Crippen LogP contribution is 2.32. The van der Waals surface area contributed by atoms with Gasteiger partial charge >= 0.3 is 0 Å². The molecule has 1 amide bonds. The molecule has 33 heavy (non-hydrogen) atoms. The molecule has 0 bridgehead atoms. The largest absolute Gasteiger partial charge is 0.356 e. The molecular formula is C24H21N7O2. The summed E-state index contributed by atoms with van der Waals surface area (Å²) in [6.45, 7) is 0.732. The molecule has 2 N–H and O–H groups in total. The molecule has 6 rings (SSSR count). The summed E-state index contributed by atoms with van der Waals surface area (Å²) in [6, 6.07) is 15.3. The number of nitrogens with zero attached hydrogens (tertiary/aromatic N) is 5. The summed E-state index contributed by atoms with van der Waals surface area (Å²) in [4.78, 5) is 23.9. The quantitative estimate of drug-likeness (QED) is 0.423. The van der Waals surface area contributed by atoms with Crippen LogP contribution in [0.5, 0.6) is 0 Å². The molecule has 4 aromatic heterocycles. The molecule has 0 radical (unpaired) electrons. The van der Waals surface area contributed by atoms with E-state index in [2.05, 4.69) is 30.6 Å². The number of rotatable bonds is 5. The first-order chi connectivity index (χ1) is 16.3. The van der Waals surface area contributed by atoms with Crippen LogP contribution in [-0.4, -0.2) is 42.7 Å². The van der Waals surface area contributed by atoms with Gasteiger partial charge in [-0.15, -0.1) is 0 Å². The maximum absolute atomic E-state index is 13.1. The van der Waals surface area contributed by atoms with Crippen molar-refractivity contribution < 1.29 is 9.32 Å². The molecule has 1 atom stereocenters. The number of pyridine rings is 2. The summed E-state index contributed by atoms with van der Waals surface area (Å²) in [5.41, 5.74) is 4.59. The van der Waals surface area contributed by atoms with Crippen LogP contribution in [0.3, 0.4) is 0 Å². The Balaban J connectivity index is 1.21. The second-order valence-corrected chi connectivity index (χ2v) is 8.11. The number of aromatic amines is 1. The number of H-pyrrole nitrogens is 1. The molecule has 1 saturated heterocycles. The highest BCUT2D eigenvalue weighted by Gasteiger charge is 2.31. The lowest BCUT2D eigenvalue weighted by atomic mass is 10.1. The minimum atomic E-state index is 0.0185. The number of carbonyl (C=O) groups is 1. The molecule has 0 aliphatic carbocycles. The van der Waals surface area contributed by atoms with Crippen molar-refractivity contribution in [3.63, 3.8) is 0 Å². The summed E-state index contributed by atoms with van der Waals surface area (Å²) >= 11 is 0. The maximum atomic E-state index is 13.1. The Bertz CT molecular complexity index is 1440. The molecule has 1 unspecified atom stereocenters. The molecule has 0 saturated carbocycles. The van der Waals surface area contributed by atoms with Crippen molar-refractivity contribution in [1.29, 1.82) is 0 Å². The minimum absolute atomic E-state index is 0.0185. The van der Waals surface area contributed by atoms with Crippen LogP contribution < -0.4 is 5.32 Å². The lowest BCUT2D eigenvalue weighted by Gasteiger charge is -2.24. The number of benzene rings is 1. The lowest BCUT2D eigenvalue weighted by Crippen LogP contribution is -2.32. The Morgan fingerprint density at radius 1 is 1.15 bits per heavy atom. The van der Waals surface area contributed by atoms with Crippen LogP contribution in [0.25, 0.3) is 22.0 Å². The van der Waals surface area contributed by atoms with Gasteiger partial charge in [-0.25, -0.2) is 0 Å². The first-order valence-corrected chi connectivity index (χ1v) is 10.9. The smallest absolute Gasteiger partial charge is 0.229 e. The van der Waals surface area contributed by atoms with E-state index in [1.54, 1.807) is 12.4 Å². The van der Waals surface area contributed by atoms with E-state index < -0.39 is 0 Å². The summed E-state index contributed by atoms with van der Waals surface area (Å²) in [6.07, 6.45) is 5.59. The van der Waals surface area contributed by atoms with Gasteiger partial charge in [0, 0.05) is 36.1 Å². The van der Waals surface area contributed by atoms with E-state index in [0.717, 1.165) is 47.2 Å². The van der Waals surface area contributed by atoms with E-state index in [1.165, 1.54) is 0 Å². The third kappa shape index (κ3) is 3.57. The SMILES string of the molecule is O=C(Cc1noc2cc(Nc3n[nH]c4cccnc34)ccc12)N1CCCC1c1ccccn1. The average Bonchev–Trinajstić information content (AvgIpc) is 3.59. The molecule has 5 heterocycles. The zero-order valence-electron chi connectivity index (χ0n) is 17.7. The highest BCUT2D eigenvalue weighted by molar-refractivity contribution is 5.91. The van der Waals surface area contributed by atoms with Crippen LogP contribution in [0.15, 0.2) is 65.4 Å². The van der Waals surface area contributed by atoms with Gasteiger partial charge in [0.2, 0.25) is 5.91 Å². The maximum Gasteiger partial charge on any atom is 0.229 e. The van der Waals surface area contributed by atoms with Crippen LogP contribution in [0, 0.1) is 0 Å². The third-order valence-electron chi connectivity index (χ3n) is 6.05. The Kier molecular flexibility index (Phi) is 4.71. The van der Waals surface area contributed by atoms with Crippen LogP contribution in [-0.2, 0) is 11.2 Å². The van der Waals surface area contributed by atoms with Crippen molar-refractivity contribution in [3.8, 4) is 0 Å². The number of hydrogen-bond acceptors (Lipinski definition) is 7. The molecule has 1 aliphatic heterocycles. The molecule has 9 nitrogen and oxygen atoms in total. The molecule has 9 heteroatoms. The Labute approximate surface area is 188 Å². The Morgan fingerprint density at radius 2 is 2.09 bits per heavy atom. The fourth-order valence-corrected chi connectivity index (χ4v) is 4.46. The first-order valence-electron chi connectivity index (χ1n) is 10.9. The summed E-state index contributed by atoms with van der Waals surface area (Å²) in [7, 11) is 0. The van der Waals surface area contributed by atoms with Crippen LogP contribution in [0.1, 0.15) is 30.3 Å². The summed E-state index contributed by atoms with van der Waals surface area (Å²) in [5, 5.41) is 15.5. The fourth-order valence-electron chi connectivity index (χ4n) is 4.46. The molecule has 0 spiro atoms.